The molecule has 1 amide bonds. The number of ketones is 1. The molecule has 1 aliphatic heterocycles. The van der Waals surface area contributed by atoms with Gasteiger partial charge in [0.1, 0.15) is 11.3 Å². The third-order valence-corrected chi connectivity index (χ3v) is 4.37. The van der Waals surface area contributed by atoms with Crippen LogP contribution in [-0.4, -0.2) is 29.2 Å². The molecule has 0 bridgehead atoms. The summed E-state index contributed by atoms with van der Waals surface area (Å²) in [5.74, 6) is -0.887. The summed E-state index contributed by atoms with van der Waals surface area (Å²) in [5, 5.41) is 9.53. The molecule has 1 aromatic carbocycles. The van der Waals surface area contributed by atoms with Gasteiger partial charge >= 0.3 is 0 Å². The first-order valence-corrected chi connectivity index (χ1v) is 6.65. The molecule has 3 atom stereocenters. The fourth-order valence-electron chi connectivity index (χ4n) is 3.14. The Morgan fingerprint density at radius 3 is 2.50 bits per heavy atom. The van der Waals surface area contributed by atoms with E-state index in [1.54, 1.807) is 14.0 Å². The van der Waals surface area contributed by atoms with Crippen LogP contribution in [0, 0.1) is 17.2 Å². The maximum atomic E-state index is 12.2. The Morgan fingerprint density at radius 2 is 2.00 bits per heavy atom. The van der Waals surface area contributed by atoms with Gasteiger partial charge in [-0.25, -0.2) is 0 Å². The third-order valence-electron chi connectivity index (χ3n) is 4.37. The Kier molecular flexibility index (Phi) is 3.63. The van der Waals surface area contributed by atoms with Gasteiger partial charge in [-0.05, 0) is 19.4 Å². The second-order valence-corrected chi connectivity index (χ2v) is 5.52. The van der Waals surface area contributed by atoms with Crippen LogP contribution >= 0.6 is 0 Å². The highest BCUT2D eigenvalue weighted by molar-refractivity contribution is 5.88. The molecule has 0 aromatic heterocycles. The highest BCUT2D eigenvalue weighted by Crippen LogP contribution is 2.43. The quantitative estimate of drug-likeness (QED) is 0.827. The van der Waals surface area contributed by atoms with Crippen LogP contribution in [0.5, 0.6) is 0 Å². The van der Waals surface area contributed by atoms with E-state index in [-0.39, 0.29) is 24.0 Å². The maximum Gasteiger partial charge on any atom is 0.224 e. The van der Waals surface area contributed by atoms with Crippen molar-refractivity contribution < 1.29 is 9.59 Å². The molecule has 0 spiro atoms. The molecule has 104 valence electrons. The first kappa shape index (κ1) is 14.3. The molecule has 4 nitrogen and oxygen atoms in total. The number of hydrogen-bond donors (Lipinski definition) is 0. The minimum Gasteiger partial charge on any atom is -0.327 e. The van der Waals surface area contributed by atoms with E-state index in [1.807, 2.05) is 30.3 Å². The number of piperidine rings is 1. The van der Waals surface area contributed by atoms with Crippen molar-refractivity contribution in [1.29, 1.82) is 5.26 Å². The predicted octanol–water partition coefficient (Wildman–Crippen LogP) is 2.12. The Bertz CT molecular complexity index is 576. The van der Waals surface area contributed by atoms with E-state index >= 15 is 0 Å². The second-order valence-electron chi connectivity index (χ2n) is 5.52. The van der Waals surface area contributed by atoms with Crippen LogP contribution in [0.4, 0.5) is 0 Å². The summed E-state index contributed by atoms with van der Waals surface area (Å²) >= 11 is 0. The number of benzene rings is 1. The fraction of sp³-hybridized carbons (Fsp3) is 0.438. The van der Waals surface area contributed by atoms with Crippen LogP contribution < -0.4 is 0 Å². The number of carbonyl (C=O) groups excluding carboxylic acids is 2. The Morgan fingerprint density at radius 1 is 1.40 bits per heavy atom. The number of carbonyl (C=O) groups is 2. The summed E-state index contributed by atoms with van der Waals surface area (Å²) in [4.78, 5) is 25.7. The molecule has 1 fully saturated rings. The Balaban J connectivity index is 2.54. The smallest absolute Gasteiger partial charge is 0.224 e. The monoisotopic (exact) mass is 270 g/mol. The number of hydrogen-bond acceptors (Lipinski definition) is 3. The molecule has 1 aromatic rings. The van der Waals surface area contributed by atoms with Crippen LogP contribution in [0.3, 0.4) is 0 Å². The molecule has 20 heavy (non-hydrogen) atoms. The first-order valence-electron chi connectivity index (χ1n) is 6.65. The SMILES string of the molecule is CC(=O)[C@H]1[C@@H](c2ccccc2)CC(=O)N(C)[C@@]1(C)C#N. The Labute approximate surface area is 119 Å². The lowest BCUT2D eigenvalue weighted by atomic mass is 9.67. The van der Waals surface area contributed by atoms with E-state index in [9.17, 15) is 14.9 Å². The summed E-state index contributed by atoms with van der Waals surface area (Å²) in [6.07, 6.45) is 0.266. The molecular weight excluding hydrogens is 252 g/mol. The molecule has 1 aliphatic rings. The number of rotatable bonds is 2. The number of nitrogens with zero attached hydrogens (tertiary/aromatic N) is 2. The molecular formula is C16H18N2O2. The zero-order valence-corrected chi connectivity index (χ0v) is 12.0. The molecule has 0 aliphatic carbocycles. The molecule has 4 heteroatoms. The molecule has 2 rings (SSSR count). The summed E-state index contributed by atoms with van der Waals surface area (Å²) in [5.41, 5.74) is -0.155. The van der Waals surface area contributed by atoms with Gasteiger partial charge < -0.3 is 4.90 Å². The average molecular weight is 270 g/mol. The van der Waals surface area contributed by atoms with Crippen molar-refractivity contribution in [1.82, 2.24) is 4.90 Å². The number of Topliss-reactive ketones (excluding diaryl/α,β-unsaturated/α-hetero) is 1. The van der Waals surface area contributed by atoms with Crippen molar-refractivity contribution in [2.45, 2.75) is 31.7 Å². The minimum absolute atomic E-state index is 0.0535. The topological polar surface area (TPSA) is 61.2 Å². The van der Waals surface area contributed by atoms with Crippen molar-refractivity contribution in [2.24, 2.45) is 5.92 Å². The summed E-state index contributed by atoms with van der Waals surface area (Å²) in [6, 6.07) is 11.7. The van der Waals surface area contributed by atoms with Gasteiger partial charge in [-0.15, -0.1) is 0 Å². The van der Waals surface area contributed by atoms with Crippen molar-refractivity contribution >= 4 is 11.7 Å². The molecule has 0 radical (unpaired) electrons. The highest BCUT2D eigenvalue weighted by atomic mass is 16.2. The van der Waals surface area contributed by atoms with Crippen LogP contribution in [-0.2, 0) is 9.59 Å². The molecule has 0 unspecified atom stereocenters. The van der Waals surface area contributed by atoms with Crippen molar-refractivity contribution in [2.75, 3.05) is 7.05 Å². The predicted molar refractivity (Wildman–Crippen MR) is 74.8 cm³/mol. The van der Waals surface area contributed by atoms with Crippen molar-refractivity contribution in [3.05, 3.63) is 35.9 Å². The van der Waals surface area contributed by atoms with E-state index in [0.29, 0.717) is 0 Å². The van der Waals surface area contributed by atoms with Crippen LogP contribution in [0.25, 0.3) is 0 Å². The highest BCUT2D eigenvalue weighted by Gasteiger charge is 2.52. The lowest BCUT2D eigenvalue weighted by Gasteiger charge is -2.46. The van der Waals surface area contributed by atoms with Gasteiger partial charge in [-0.2, -0.15) is 5.26 Å². The van der Waals surface area contributed by atoms with Crippen LogP contribution in [0.15, 0.2) is 30.3 Å². The summed E-state index contributed by atoms with van der Waals surface area (Å²) in [7, 11) is 1.60. The van der Waals surface area contributed by atoms with Crippen LogP contribution in [0.2, 0.25) is 0 Å². The lowest BCUT2D eigenvalue weighted by Crippen LogP contribution is -2.59. The number of amides is 1. The first-order chi connectivity index (χ1) is 9.41. The van der Waals surface area contributed by atoms with E-state index in [0.717, 1.165) is 5.56 Å². The molecule has 0 N–H and O–H groups in total. The third kappa shape index (κ3) is 2.09. The zero-order valence-electron chi connectivity index (χ0n) is 12.0. The average Bonchev–Trinajstić information content (AvgIpc) is 2.44. The van der Waals surface area contributed by atoms with E-state index < -0.39 is 11.5 Å². The molecule has 1 heterocycles. The molecule has 1 saturated heterocycles. The van der Waals surface area contributed by atoms with Crippen LogP contribution in [0.1, 0.15) is 31.7 Å². The summed E-state index contributed by atoms with van der Waals surface area (Å²) < 4.78 is 0. The Hall–Kier alpha value is -2.15. The van der Waals surface area contributed by atoms with Crippen molar-refractivity contribution in [3.63, 3.8) is 0 Å². The maximum absolute atomic E-state index is 12.2. The molecule has 0 saturated carbocycles. The standard InChI is InChI=1S/C16H18N2O2/c1-11(19)15-13(12-7-5-4-6-8-12)9-14(20)18(3)16(15,2)10-17/h4-8,13,15H,9H2,1-3H3/t13-,15+,16+/m1/s1. The summed E-state index contributed by atoms with van der Waals surface area (Å²) in [6.45, 7) is 3.17. The van der Waals surface area contributed by atoms with Gasteiger partial charge in [0, 0.05) is 19.4 Å². The van der Waals surface area contributed by atoms with Gasteiger partial charge in [0.05, 0.1) is 12.0 Å². The van der Waals surface area contributed by atoms with E-state index in [4.69, 9.17) is 0 Å². The largest absolute Gasteiger partial charge is 0.327 e. The number of nitriles is 1. The van der Waals surface area contributed by atoms with Gasteiger partial charge in [-0.1, -0.05) is 30.3 Å². The van der Waals surface area contributed by atoms with E-state index in [1.165, 1.54) is 11.8 Å². The fourth-order valence-corrected chi connectivity index (χ4v) is 3.14. The van der Waals surface area contributed by atoms with Gasteiger partial charge in [0.25, 0.3) is 0 Å². The van der Waals surface area contributed by atoms with Gasteiger partial charge in [0.2, 0.25) is 5.91 Å². The second kappa shape index (κ2) is 5.09. The normalized spacial score (nSPS) is 29.9. The van der Waals surface area contributed by atoms with E-state index in [2.05, 4.69) is 6.07 Å². The van der Waals surface area contributed by atoms with Gasteiger partial charge in [0.15, 0.2) is 0 Å². The van der Waals surface area contributed by atoms with Gasteiger partial charge in [-0.3, -0.25) is 9.59 Å². The lowest BCUT2D eigenvalue weighted by molar-refractivity contribution is -0.144. The minimum atomic E-state index is -1.10. The zero-order chi connectivity index (χ0) is 14.9. The number of likely N-dealkylation sites (tertiary alicyclic amines) is 1. The van der Waals surface area contributed by atoms with Crippen molar-refractivity contribution in [3.8, 4) is 6.07 Å².